The largest absolute Gasteiger partial charge is 0.347 e. The maximum atomic E-state index is 12.1. The van der Waals surface area contributed by atoms with Gasteiger partial charge in [-0.3, -0.25) is 9.69 Å². The van der Waals surface area contributed by atoms with Gasteiger partial charge in [0.25, 0.3) is 0 Å². The maximum Gasteiger partial charge on any atom is 0.314 e. The normalized spacial score (nSPS) is 18.2. The third-order valence-electron chi connectivity index (χ3n) is 4.06. The van der Waals surface area contributed by atoms with Gasteiger partial charge in [0.15, 0.2) is 0 Å². The second-order valence-corrected chi connectivity index (χ2v) is 6.17. The van der Waals surface area contributed by atoms with Gasteiger partial charge in [-0.2, -0.15) is 0 Å². The number of hydrogen-bond acceptors (Lipinski definition) is 3. The van der Waals surface area contributed by atoms with E-state index in [1.807, 2.05) is 14.1 Å². The summed E-state index contributed by atoms with van der Waals surface area (Å²) in [6.45, 7) is 5.38. The summed E-state index contributed by atoms with van der Waals surface area (Å²) < 4.78 is 0. The third-order valence-corrected chi connectivity index (χ3v) is 4.06. The molecule has 0 aliphatic carbocycles. The van der Waals surface area contributed by atoms with Gasteiger partial charge in [0.1, 0.15) is 0 Å². The lowest BCUT2D eigenvalue weighted by molar-refractivity contribution is -0.133. The van der Waals surface area contributed by atoms with Gasteiger partial charge >= 0.3 is 6.03 Å². The number of likely N-dealkylation sites (tertiary alicyclic amines) is 1. The van der Waals surface area contributed by atoms with Crippen LogP contribution >= 0.6 is 0 Å². The van der Waals surface area contributed by atoms with E-state index in [1.54, 1.807) is 4.90 Å². The quantitative estimate of drug-likeness (QED) is 0.633. The SMILES string of the molecule is CCCCCNC(=O)NCCCN1CCC[C@H]1C(=O)N(C)C. The second-order valence-electron chi connectivity index (χ2n) is 6.17. The Bertz CT molecular complexity index is 347. The molecular weight excluding hydrogens is 280 g/mol. The summed E-state index contributed by atoms with van der Waals surface area (Å²) >= 11 is 0. The van der Waals surface area contributed by atoms with Crippen LogP contribution in [0.1, 0.15) is 45.4 Å². The monoisotopic (exact) mass is 312 g/mol. The third kappa shape index (κ3) is 6.64. The number of urea groups is 1. The van der Waals surface area contributed by atoms with Crippen molar-refractivity contribution in [2.45, 2.75) is 51.5 Å². The van der Waals surface area contributed by atoms with Crippen molar-refractivity contribution in [3.05, 3.63) is 0 Å². The Balaban J connectivity index is 2.13. The molecule has 1 aliphatic rings. The van der Waals surface area contributed by atoms with Crippen LogP contribution in [0.25, 0.3) is 0 Å². The fourth-order valence-corrected chi connectivity index (χ4v) is 2.79. The molecule has 1 aliphatic heterocycles. The molecule has 0 unspecified atom stereocenters. The van der Waals surface area contributed by atoms with Crippen LogP contribution in [0, 0.1) is 0 Å². The minimum absolute atomic E-state index is 0.0258. The highest BCUT2D eigenvalue weighted by atomic mass is 16.2. The lowest BCUT2D eigenvalue weighted by Crippen LogP contribution is -2.44. The molecule has 0 saturated carbocycles. The molecule has 6 nitrogen and oxygen atoms in total. The van der Waals surface area contributed by atoms with Crippen LogP contribution in [0.15, 0.2) is 0 Å². The van der Waals surface area contributed by atoms with Gasteiger partial charge in [-0.25, -0.2) is 4.79 Å². The molecule has 1 atom stereocenters. The Hall–Kier alpha value is -1.30. The summed E-state index contributed by atoms with van der Waals surface area (Å²) in [5, 5.41) is 5.74. The van der Waals surface area contributed by atoms with E-state index in [1.165, 1.54) is 0 Å². The molecule has 1 fully saturated rings. The minimum atomic E-state index is -0.0848. The molecule has 22 heavy (non-hydrogen) atoms. The maximum absolute atomic E-state index is 12.1. The highest BCUT2D eigenvalue weighted by Gasteiger charge is 2.30. The number of carbonyl (C=O) groups excluding carboxylic acids is 2. The number of nitrogens with one attached hydrogen (secondary N) is 2. The number of unbranched alkanes of at least 4 members (excludes halogenated alkanes) is 2. The van der Waals surface area contributed by atoms with Gasteiger partial charge in [0.05, 0.1) is 6.04 Å². The summed E-state index contributed by atoms with van der Waals surface area (Å²) in [5.74, 6) is 0.194. The van der Waals surface area contributed by atoms with Crippen molar-refractivity contribution in [2.24, 2.45) is 0 Å². The molecule has 0 bridgehead atoms. The number of rotatable bonds is 9. The van der Waals surface area contributed by atoms with Gasteiger partial charge < -0.3 is 15.5 Å². The average molecular weight is 312 g/mol. The first-order chi connectivity index (χ1) is 10.6. The predicted molar refractivity (Wildman–Crippen MR) is 88.8 cm³/mol. The molecule has 0 aromatic carbocycles. The fraction of sp³-hybridized carbons (Fsp3) is 0.875. The van der Waals surface area contributed by atoms with Gasteiger partial charge in [-0.05, 0) is 32.2 Å². The zero-order valence-corrected chi connectivity index (χ0v) is 14.4. The summed E-state index contributed by atoms with van der Waals surface area (Å²) in [4.78, 5) is 27.6. The molecule has 3 amide bonds. The van der Waals surface area contributed by atoms with Crippen molar-refractivity contribution in [3.8, 4) is 0 Å². The molecule has 1 heterocycles. The number of carbonyl (C=O) groups is 2. The molecule has 0 radical (unpaired) electrons. The van der Waals surface area contributed by atoms with Crippen molar-refractivity contribution in [1.82, 2.24) is 20.4 Å². The molecule has 2 N–H and O–H groups in total. The first-order valence-corrected chi connectivity index (χ1v) is 8.53. The Morgan fingerprint density at radius 2 is 1.82 bits per heavy atom. The van der Waals surface area contributed by atoms with E-state index in [4.69, 9.17) is 0 Å². The minimum Gasteiger partial charge on any atom is -0.347 e. The fourth-order valence-electron chi connectivity index (χ4n) is 2.79. The number of hydrogen-bond donors (Lipinski definition) is 2. The Labute approximate surface area is 134 Å². The average Bonchev–Trinajstić information content (AvgIpc) is 2.95. The Morgan fingerprint density at radius 3 is 2.45 bits per heavy atom. The Morgan fingerprint density at radius 1 is 1.14 bits per heavy atom. The highest BCUT2D eigenvalue weighted by Crippen LogP contribution is 2.18. The lowest BCUT2D eigenvalue weighted by Gasteiger charge is -2.26. The molecule has 1 saturated heterocycles. The van der Waals surface area contributed by atoms with Crippen molar-refractivity contribution >= 4 is 11.9 Å². The van der Waals surface area contributed by atoms with Gasteiger partial charge in [0, 0.05) is 33.7 Å². The Kier molecular flexibility index (Phi) is 8.89. The number of likely N-dealkylation sites (N-methyl/N-ethyl adjacent to an activating group) is 1. The zero-order valence-electron chi connectivity index (χ0n) is 14.4. The lowest BCUT2D eigenvalue weighted by atomic mass is 10.2. The van der Waals surface area contributed by atoms with E-state index in [9.17, 15) is 9.59 Å². The summed E-state index contributed by atoms with van der Waals surface area (Å²) in [7, 11) is 3.62. The van der Waals surface area contributed by atoms with E-state index < -0.39 is 0 Å². The van der Waals surface area contributed by atoms with Crippen molar-refractivity contribution in [2.75, 3.05) is 40.3 Å². The zero-order chi connectivity index (χ0) is 16.4. The second kappa shape index (κ2) is 10.4. The van der Waals surface area contributed by atoms with Crippen LogP contribution in [-0.4, -0.2) is 68.1 Å². The first kappa shape index (κ1) is 18.7. The van der Waals surface area contributed by atoms with E-state index in [0.717, 1.165) is 58.2 Å². The highest BCUT2D eigenvalue weighted by molar-refractivity contribution is 5.81. The molecule has 128 valence electrons. The molecule has 6 heteroatoms. The molecule has 0 aromatic heterocycles. The van der Waals surface area contributed by atoms with Gasteiger partial charge in [-0.1, -0.05) is 19.8 Å². The standard InChI is InChI=1S/C16H32N4O2/c1-4-5-6-10-17-16(22)18-11-8-13-20-12-7-9-14(20)15(21)19(2)3/h14H,4-13H2,1-3H3,(H2,17,18,22)/t14-/m0/s1. The van der Waals surface area contributed by atoms with Crippen LogP contribution in [0.4, 0.5) is 4.79 Å². The molecular formula is C16H32N4O2. The topological polar surface area (TPSA) is 64.7 Å². The molecule has 1 rings (SSSR count). The molecule has 0 aromatic rings. The smallest absolute Gasteiger partial charge is 0.314 e. The van der Waals surface area contributed by atoms with Crippen LogP contribution in [0.5, 0.6) is 0 Å². The van der Waals surface area contributed by atoms with E-state index in [0.29, 0.717) is 6.54 Å². The van der Waals surface area contributed by atoms with Crippen molar-refractivity contribution < 1.29 is 9.59 Å². The van der Waals surface area contributed by atoms with E-state index in [-0.39, 0.29) is 18.0 Å². The van der Waals surface area contributed by atoms with E-state index >= 15 is 0 Å². The predicted octanol–water partition coefficient (Wildman–Crippen LogP) is 1.42. The number of amides is 3. The van der Waals surface area contributed by atoms with Crippen LogP contribution in [0.2, 0.25) is 0 Å². The number of nitrogens with zero attached hydrogens (tertiary/aromatic N) is 2. The van der Waals surface area contributed by atoms with Crippen LogP contribution < -0.4 is 10.6 Å². The summed E-state index contributed by atoms with van der Waals surface area (Å²) in [6.07, 6.45) is 6.24. The first-order valence-electron chi connectivity index (χ1n) is 8.53. The van der Waals surface area contributed by atoms with Crippen LogP contribution in [-0.2, 0) is 4.79 Å². The van der Waals surface area contributed by atoms with Crippen LogP contribution in [0.3, 0.4) is 0 Å². The summed E-state index contributed by atoms with van der Waals surface area (Å²) in [6, 6.07) is -0.0590. The van der Waals surface area contributed by atoms with Gasteiger partial charge in [-0.15, -0.1) is 0 Å². The van der Waals surface area contributed by atoms with Crippen molar-refractivity contribution in [3.63, 3.8) is 0 Å². The summed E-state index contributed by atoms with van der Waals surface area (Å²) in [5.41, 5.74) is 0. The van der Waals surface area contributed by atoms with E-state index in [2.05, 4.69) is 22.5 Å². The van der Waals surface area contributed by atoms with Gasteiger partial charge in [0.2, 0.25) is 5.91 Å². The van der Waals surface area contributed by atoms with Crippen molar-refractivity contribution in [1.29, 1.82) is 0 Å². The molecule has 0 spiro atoms.